The van der Waals surface area contributed by atoms with E-state index in [1.807, 2.05) is 12.3 Å². The van der Waals surface area contributed by atoms with Gasteiger partial charge in [0.25, 0.3) is 0 Å². The molecule has 0 spiro atoms. The second kappa shape index (κ2) is 4.69. The van der Waals surface area contributed by atoms with E-state index in [0.717, 1.165) is 25.1 Å². The fraction of sp³-hybridized carbons (Fsp3) is 0.267. The number of para-hydroxylation sites is 1. The molecule has 0 saturated heterocycles. The molecule has 0 radical (unpaired) electrons. The van der Waals surface area contributed by atoms with Crippen LogP contribution in [0.4, 0.5) is 11.4 Å². The van der Waals surface area contributed by atoms with E-state index in [1.165, 1.54) is 16.9 Å². The molecular weight excluding hydrogens is 224 g/mol. The van der Waals surface area contributed by atoms with Crippen molar-refractivity contribution in [2.75, 3.05) is 18.6 Å². The van der Waals surface area contributed by atoms with Crippen LogP contribution in [0.15, 0.2) is 42.7 Å². The van der Waals surface area contributed by atoms with E-state index in [9.17, 15) is 0 Å². The minimum absolute atomic E-state index is 0.896. The van der Waals surface area contributed by atoms with Gasteiger partial charge < -0.3 is 9.64 Å². The number of aromatic nitrogens is 1. The first kappa shape index (κ1) is 11.1. The molecule has 0 amide bonds. The highest BCUT2D eigenvalue weighted by atomic mass is 16.5. The Bertz CT molecular complexity index is 539. The van der Waals surface area contributed by atoms with Crippen LogP contribution >= 0.6 is 0 Å². The highest BCUT2D eigenvalue weighted by molar-refractivity contribution is 5.69. The van der Waals surface area contributed by atoms with Gasteiger partial charge in [-0.05, 0) is 25.0 Å². The molecule has 18 heavy (non-hydrogen) atoms. The third-order valence-electron chi connectivity index (χ3n) is 3.38. The number of hydrogen-bond donors (Lipinski definition) is 0. The maximum atomic E-state index is 5.41. The van der Waals surface area contributed by atoms with Gasteiger partial charge in [0.1, 0.15) is 5.75 Å². The first-order chi connectivity index (χ1) is 8.90. The van der Waals surface area contributed by atoms with Crippen molar-refractivity contribution in [3.63, 3.8) is 0 Å². The van der Waals surface area contributed by atoms with Gasteiger partial charge in [-0.3, -0.25) is 4.98 Å². The van der Waals surface area contributed by atoms with Crippen LogP contribution in [-0.2, 0) is 6.42 Å². The zero-order valence-corrected chi connectivity index (χ0v) is 10.5. The monoisotopic (exact) mass is 240 g/mol. The molecule has 3 heteroatoms. The van der Waals surface area contributed by atoms with Gasteiger partial charge in [0.05, 0.1) is 25.2 Å². The van der Waals surface area contributed by atoms with Crippen LogP contribution in [0.3, 0.4) is 0 Å². The molecule has 0 saturated carbocycles. The Labute approximate surface area is 107 Å². The smallest absolute Gasteiger partial charge is 0.142 e. The number of hydrogen-bond acceptors (Lipinski definition) is 3. The Balaban J connectivity index is 2.07. The largest absolute Gasteiger partial charge is 0.495 e. The average Bonchev–Trinajstić information content (AvgIpc) is 2.47. The lowest BCUT2D eigenvalue weighted by Gasteiger charge is -2.31. The van der Waals surface area contributed by atoms with Crippen LogP contribution in [0.1, 0.15) is 12.0 Å². The van der Waals surface area contributed by atoms with Crippen LogP contribution in [0.5, 0.6) is 5.75 Å². The topological polar surface area (TPSA) is 25.4 Å². The van der Waals surface area contributed by atoms with Gasteiger partial charge in [-0.2, -0.15) is 0 Å². The zero-order chi connectivity index (χ0) is 12.4. The Morgan fingerprint density at radius 1 is 1.17 bits per heavy atom. The molecule has 2 aromatic rings. The van der Waals surface area contributed by atoms with Gasteiger partial charge in [-0.25, -0.2) is 0 Å². The molecule has 0 N–H and O–H groups in total. The Hall–Kier alpha value is -2.03. The zero-order valence-electron chi connectivity index (χ0n) is 10.5. The number of benzene rings is 1. The SMILES string of the molecule is COc1cncc2c1CCCN2c1ccccc1. The molecule has 0 atom stereocenters. The highest BCUT2D eigenvalue weighted by Crippen LogP contribution is 2.37. The molecule has 1 aromatic heterocycles. The summed E-state index contributed by atoms with van der Waals surface area (Å²) >= 11 is 0. The van der Waals surface area contributed by atoms with Crippen molar-refractivity contribution in [2.45, 2.75) is 12.8 Å². The number of anilines is 2. The van der Waals surface area contributed by atoms with Crippen molar-refractivity contribution in [1.29, 1.82) is 0 Å². The maximum absolute atomic E-state index is 5.41. The van der Waals surface area contributed by atoms with Crippen molar-refractivity contribution in [3.8, 4) is 5.75 Å². The average molecular weight is 240 g/mol. The van der Waals surface area contributed by atoms with Crippen LogP contribution in [0, 0.1) is 0 Å². The molecule has 2 heterocycles. The van der Waals surface area contributed by atoms with Crippen molar-refractivity contribution in [2.24, 2.45) is 0 Å². The van der Waals surface area contributed by atoms with E-state index in [0.29, 0.717) is 0 Å². The molecule has 3 rings (SSSR count). The number of nitrogens with zero attached hydrogens (tertiary/aromatic N) is 2. The van der Waals surface area contributed by atoms with E-state index in [2.05, 4.69) is 34.1 Å². The van der Waals surface area contributed by atoms with E-state index >= 15 is 0 Å². The number of ether oxygens (including phenoxy) is 1. The number of rotatable bonds is 2. The molecular formula is C15H16N2O. The third-order valence-corrected chi connectivity index (χ3v) is 3.38. The Morgan fingerprint density at radius 2 is 2.00 bits per heavy atom. The van der Waals surface area contributed by atoms with E-state index in [4.69, 9.17) is 4.74 Å². The van der Waals surface area contributed by atoms with Crippen LogP contribution in [-0.4, -0.2) is 18.6 Å². The van der Waals surface area contributed by atoms with E-state index in [-0.39, 0.29) is 0 Å². The van der Waals surface area contributed by atoms with Crippen LogP contribution < -0.4 is 9.64 Å². The molecule has 1 aromatic carbocycles. The van der Waals surface area contributed by atoms with Gasteiger partial charge in [0, 0.05) is 17.8 Å². The fourth-order valence-electron chi connectivity index (χ4n) is 2.53. The molecule has 3 nitrogen and oxygen atoms in total. The molecule has 1 aliphatic rings. The van der Waals surface area contributed by atoms with Crippen molar-refractivity contribution in [3.05, 3.63) is 48.3 Å². The Morgan fingerprint density at radius 3 is 2.78 bits per heavy atom. The van der Waals surface area contributed by atoms with E-state index < -0.39 is 0 Å². The van der Waals surface area contributed by atoms with Crippen LogP contribution in [0.25, 0.3) is 0 Å². The van der Waals surface area contributed by atoms with Crippen molar-refractivity contribution >= 4 is 11.4 Å². The quantitative estimate of drug-likeness (QED) is 0.806. The van der Waals surface area contributed by atoms with Gasteiger partial charge in [0.2, 0.25) is 0 Å². The summed E-state index contributed by atoms with van der Waals surface area (Å²) in [5.41, 5.74) is 3.66. The fourth-order valence-corrected chi connectivity index (χ4v) is 2.53. The predicted molar refractivity (Wildman–Crippen MR) is 72.6 cm³/mol. The molecule has 0 unspecified atom stereocenters. The summed E-state index contributed by atoms with van der Waals surface area (Å²) in [5.74, 6) is 0.896. The highest BCUT2D eigenvalue weighted by Gasteiger charge is 2.21. The lowest BCUT2D eigenvalue weighted by atomic mass is 10.0. The second-order valence-electron chi connectivity index (χ2n) is 4.43. The van der Waals surface area contributed by atoms with Gasteiger partial charge >= 0.3 is 0 Å². The van der Waals surface area contributed by atoms with E-state index in [1.54, 1.807) is 13.3 Å². The van der Waals surface area contributed by atoms with Gasteiger partial charge in [-0.1, -0.05) is 18.2 Å². The van der Waals surface area contributed by atoms with Gasteiger partial charge in [-0.15, -0.1) is 0 Å². The standard InChI is InChI=1S/C15H16N2O/c1-18-15-11-16-10-14-13(15)8-5-9-17(14)12-6-3-2-4-7-12/h2-4,6-7,10-11H,5,8-9H2,1H3. The molecule has 0 aliphatic carbocycles. The molecule has 0 bridgehead atoms. The summed E-state index contributed by atoms with van der Waals surface area (Å²) in [6.45, 7) is 1.03. The number of fused-ring (bicyclic) bond motifs is 1. The van der Waals surface area contributed by atoms with Gasteiger partial charge in [0.15, 0.2) is 0 Å². The maximum Gasteiger partial charge on any atom is 0.142 e. The summed E-state index contributed by atoms with van der Waals surface area (Å²) in [6.07, 6.45) is 5.93. The summed E-state index contributed by atoms with van der Waals surface area (Å²) in [7, 11) is 1.71. The molecule has 1 aliphatic heterocycles. The molecule has 92 valence electrons. The first-order valence-electron chi connectivity index (χ1n) is 6.23. The van der Waals surface area contributed by atoms with Crippen molar-refractivity contribution < 1.29 is 4.74 Å². The lowest BCUT2D eigenvalue weighted by Crippen LogP contribution is -2.25. The van der Waals surface area contributed by atoms with Crippen molar-refractivity contribution in [1.82, 2.24) is 4.98 Å². The lowest BCUT2D eigenvalue weighted by molar-refractivity contribution is 0.406. The second-order valence-corrected chi connectivity index (χ2v) is 4.43. The first-order valence-corrected chi connectivity index (χ1v) is 6.23. The minimum Gasteiger partial charge on any atom is -0.495 e. The summed E-state index contributed by atoms with van der Waals surface area (Å²) < 4.78 is 5.41. The number of methoxy groups -OCH3 is 1. The normalized spacial score (nSPS) is 14.2. The molecule has 0 fully saturated rings. The summed E-state index contributed by atoms with van der Waals surface area (Å²) in [6, 6.07) is 10.4. The Kier molecular flexibility index (Phi) is 2.89. The minimum atomic E-state index is 0.896. The third kappa shape index (κ3) is 1.82. The van der Waals surface area contributed by atoms with Crippen LogP contribution in [0.2, 0.25) is 0 Å². The number of pyridine rings is 1. The summed E-state index contributed by atoms with van der Waals surface area (Å²) in [4.78, 5) is 6.59. The summed E-state index contributed by atoms with van der Waals surface area (Å²) in [5, 5.41) is 0. The predicted octanol–water partition coefficient (Wildman–Crippen LogP) is 3.17.